The molecule has 2 aromatic rings. The molecule has 0 bridgehead atoms. The van der Waals surface area contributed by atoms with Gasteiger partial charge >= 0.3 is 114 Å². The molecule has 0 spiro atoms. The van der Waals surface area contributed by atoms with E-state index in [1.54, 1.807) is 6.07 Å². The van der Waals surface area contributed by atoms with Gasteiger partial charge < -0.3 is 0 Å². The van der Waals surface area contributed by atoms with E-state index in [0.717, 1.165) is 14.6 Å². The normalized spacial score (nSPS) is 10.9. The van der Waals surface area contributed by atoms with Crippen LogP contribution in [0.4, 0.5) is 4.39 Å². The molecule has 0 aliphatic rings. The van der Waals surface area contributed by atoms with Crippen LogP contribution in [0.1, 0.15) is 0 Å². The second kappa shape index (κ2) is 3.72. The number of aromatic nitrogens is 2. The Kier molecular flexibility index (Phi) is 2.94. The Morgan fingerprint density at radius 2 is 2.23 bits per heavy atom. The van der Waals surface area contributed by atoms with Crippen LogP contribution < -0.4 is 0 Å². The van der Waals surface area contributed by atoms with Gasteiger partial charge in [0.15, 0.2) is 0 Å². The molecule has 13 heavy (non-hydrogen) atoms. The topological polar surface area (TPSA) is 17.8 Å². The molecule has 1 aromatic carbocycles. The van der Waals surface area contributed by atoms with E-state index in [1.807, 2.05) is 2.49 Å². The zero-order chi connectivity index (χ0) is 9.59. The van der Waals surface area contributed by atoms with Crippen LogP contribution in [0.5, 0.6) is 0 Å². The number of nitrogens with zero attached hydrogens (tertiary/aromatic N) is 2. The minimum absolute atomic E-state index is 0.231. The van der Waals surface area contributed by atoms with E-state index in [1.165, 1.54) is 6.07 Å². The Hall–Kier alpha value is 0.752. The van der Waals surface area contributed by atoms with Crippen LogP contribution in [0.25, 0.3) is 10.9 Å². The molecule has 0 aliphatic heterocycles. The van der Waals surface area contributed by atoms with Crippen LogP contribution in [0.2, 0.25) is 0 Å². The first-order valence-electron chi connectivity index (χ1n) is 3.38. The van der Waals surface area contributed by atoms with Gasteiger partial charge in [-0.3, -0.25) is 0 Å². The number of fused-ring (bicyclic) bond motifs is 1. The maximum absolute atomic E-state index is 13.2. The van der Waals surface area contributed by atoms with Crippen molar-refractivity contribution >= 4 is 75.5 Å². The molecule has 1 heterocycles. The summed E-state index contributed by atoms with van der Waals surface area (Å²) in [6.45, 7) is 0. The van der Waals surface area contributed by atoms with Crippen LogP contribution in [0.3, 0.4) is 0 Å². The van der Waals surface area contributed by atoms with Crippen molar-refractivity contribution < 1.29 is 4.39 Å². The number of benzene rings is 1. The summed E-state index contributed by atoms with van der Waals surface area (Å²) in [7, 11) is 0. The summed E-state index contributed by atoms with van der Waals surface area (Å²) in [5.74, 6) is -0.231. The maximum atomic E-state index is 13.2. The predicted molar refractivity (Wildman–Crippen MR) is 61.3 cm³/mol. The van der Waals surface area contributed by atoms with Crippen LogP contribution in [-0.4, -0.2) is 33.7 Å². The molecule has 2 nitrogen and oxygen atoms in total. The van der Waals surface area contributed by atoms with Gasteiger partial charge in [-0.05, 0) is 0 Å². The molecule has 2 rings (SSSR count). The molecule has 0 saturated heterocycles. The zero-order valence-corrected chi connectivity index (χ0v) is 14.5. The van der Waals surface area contributed by atoms with Crippen molar-refractivity contribution in [3.05, 3.63) is 26.1 Å². The molecule has 0 unspecified atom stereocenters. The third kappa shape index (κ3) is 1.78. The Bertz CT molecular complexity index is 443. The molecule has 0 fully saturated rings. The summed E-state index contributed by atoms with van der Waals surface area (Å²) in [4.78, 5) is 0. The van der Waals surface area contributed by atoms with E-state index in [9.17, 15) is 4.39 Å². The van der Waals surface area contributed by atoms with Crippen molar-refractivity contribution in [2.45, 2.75) is 0 Å². The fourth-order valence-corrected chi connectivity index (χ4v) is 4.29. The van der Waals surface area contributed by atoms with Gasteiger partial charge in [0.1, 0.15) is 0 Å². The standard InChI is InChI=1S/C7H2BrFIN2.Tl/c8-4-1-3-6(2-5(4)9)11-12-7(3)10;/h1-2H;/q-1;+1. The Labute approximate surface area is 112 Å². The molecule has 0 N–H and O–H groups in total. The fourth-order valence-electron chi connectivity index (χ4n) is 1.09. The summed E-state index contributed by atoms with van der Waals surface area (Å²) in [5, 5.41) is 5.27. The van der Waals surface area contributed by atoms with Gasteiger partial charge in [-0.25, -0.2) is 0 Å². The van der Waals surface area contributed by atoms with Gasteiger partial charge in [0.05, 0.1) is 0 Å². The van der Waals surface area contributed by atoms with Gasteiger partial charge in [0.25, 0.3) is 0 Å². The first-order chi connectivity index (χ1) is 6.09. The summed E-state index contributed by atoms with van der Waals surface area (Å²) in [6.07, 6.45) is 0. The monoisotopic (exact) mass is 544 g/mol. The molecule has 0 atom stereocenters. The van der Waals surface area contributed by atoms with Gasteiger partial charge in [-0.2, -0.15) is 0 Å². The van der Waals surface area contributed by atoms with Crippen molar-refractivity contribution in [3.8, 4) is 0 Å². The average molecular weight is 544 g/mol. The number of hydrogen-bond acceptors (Lipinski definition) is 1. The second-order valence-electron chi connectivity index (χ2n) is 2.52. The quantitative estimate of drug-likeness (QED) is 0.369. The first kappa shape index (κ1) is 10.3. The van der Waals surface area contributed by atoms with Gasteiger partial charge in [0.2, 0.25) is 0 Å². The molecular weight excluding hydrogens is 542 g/mol. The summed E-state index contributed by atoms with van der Waals surface area (Å²) >= 11 is 5.88. The molecular formula is C7H2BrFIN2Tl. The van der Waals surface area contributed by atoms with Crippen LogP contribution >= 0.6 is 38.5 Å². The van der Waals surface area contributed by atoms with Crippen molar-refractivity contribution in [1.82, 2.24) is 7.59 Å². The summed E-state index contributed by atoms with van der Waals surface area (Å²) in [5.41, 5.74) is 0.884. The minimum atomic E-state index is -0.231. The SMILES string of the molecule is Fc1cc2c(cc1Br)c(I)n[n]2[Tl]. The van der Waals surface area contributed by atoms with Crippen molar-refractivity contribution in [1.29, 1.82) is 0 Å². The van der Waals surface area contributed by atoms with Gasteiger partial charge in [-0.1, -0.05) is 0 Å². The second-order valence-corrected chi connectivity index (χ2v) is 6.30. The first-order valence-corrected chi connectivity index (χ1v) is 7.26. The molecule has 64 valence electrons. The van der Waals surface area contributed by atoms with Crippen molar-refractivity contribution in [2.75, 3.05) is 0 Å². The third-order valence-electron chi connectivity index (χ3n) is 1.70. The van der Waals surface area contributed by atoms with Crippen LogP contribution in [0.15, 0.2) is 16.6 Å². The number of halogens is 3. The summed E-state index contributed by atoms with van der Waals surface area (Å²) in [6, 6.07) is 3.30. The predicted octanol–water partition coefficient (Wildman–Crippen LogP) is 2.47. The van der Waals surface area contributed by atoms with Crippen molar-refractivity contribution in [3.63, 3.8) is 0 Å². The van der Waals surface area contributed by atoms with Crippen LogP contribution in [0, 0.1) is 9.52 Å². The van der Waals surface area contributed by atoms with Crippen LogP contribution in [-0.2, 0) is 0 Å². The van der Waals surface area contributed by atoms with Gasteiger partial charge in [-0.15, -0.1) is 0 Å². The Morgan fingerprint density at radius 1 is 1.54 bits per heavy atom. The van der Waals surface area contributed by atoms with E-state index in [4.69, 9.17) is 0 Å². The number of hydrogen-bond donors (Lipinski definition) is 0. The molecule has 0 aliphatic carbocycles. The summed E-state index contributed by atoms with van der Waals surface area (Å²) < 4.78 is 16.4. The molecule has 0 saturated carbocycles. The Morgan fingerprint density at radius 3 is 2.92 bits per heavy atom. The van der Waals surface area contributed by atoms with E-state index in [0.29, 0.717) is 30.5 Å². The zero-order valence-electron chi connectivity index (χ0n) is 6.26. The molecule has 1 aromatic heterocycles. The van der Waals surface area contributed by atoms with E-state index >= 15 is 0 Å². The molecule has 6 heteroatoms. The molecule has 0 radical (unpaired) electrons. The van der Waals surface area contributed by atoms with Gasteiger partial charge in [0, 0.05) is 0 Å². The van der Waals surface area contributed by atoms with Crippen molar-refractivity contribution in [2.24, 2.45) is 0 Å². The number of rotatable bonds is 0. The third-order valence-corrected chi connectivity index (χ3v) is 4.64. The Balaban J connectivity index is 2.91. The fraction of sp³-hybridized carbons (Fsp3) is 0. The molecule has 0 amide bonds. The van der Waals surface area contributed by atoms with E-state index in [2.05, 4.69) is 43.6 Å². The average Bonchev–Trinajstić information content (AvgIpc) is 2.31. The van der Waals surface area contributed by atoms with E-state index in [-0.39, 0.29) is 5.82 Å². The van der Waals surface area contributed by atoms with E-state index < -0.39 is 0 Å².